The first-order valence-electron chi connectivity index (χ1n) is 7.47. The Morgan fingerprint density at radius 3 is 2.86 bits per heavy atom. The molecule has 1 saturated heterocycles. The summed E-state index contributed by atoms with van der Waals surface area (Å²) >= 11 is 0. The summed E-state index contributed by atoms with van der Waals surface area (Å²) in [5.41, 5.74) is 3.96. The van der Waals surface area contributed by atoms with Gasteiger partial charge in [-0.15, -0.1) is 0 Å². The minimum Gasteiger partial charge on any atom is -0.348 e. The van der Waals surface area contributed by atoms with Crippen LogP contribution in [-0.2, 0) is 6.42 Å². The van der Waals surface area contributed by atoms with Gasteiger partial charge in [0.15, 0.2) is 0 Å². The van der Waals surface area contributed by atoms with Crippen molar-refractivity contribution in [2.24, 2.45) is 0 Å². The predicted octanol–water partition coefficient (Wildman–Crippen LogP) is 1.77. The van der Waals surface area contributed by atoms with E-state index in [4.69, 9.17) is 0 Å². The van der Waals surface area contributed by atoms with Crippen molar-refractivity contribution in [2.45, 2.75) is 12.5 Å². The molecule has 0 bridgehead atoms. The van der Waals surface area contributed by atoms with Crippen molar-refractivity contribution in [3.63, 3.8) is 0 Å². The molecule has 2 aromatic rings. The van der Waals surface area contributed by atoms with Crippen LogP contribution in [0.25, 0.3) is 0 Å². The normalized spacial score (nSPS) is 21.2. The molecule has 1 unspecified atom stereocenters. The van der Waals surface area contributed by atoms with Gasteiger partial charge in [0.2, 0.25) is 5.56 Å². The zero-order valence-electron chi connectivity index (χ0n) is 12.2. The number of pyridine rings is 1. The first kappa shape index (κ1) is 12.7. The van der Waals surface area contributed by atoms with Crippen molar-refractivity contribution in [3.8, 4) is 0 Å². The summed E-state index contributed by atoms with van der Waals surface area (Å²) in [6.07, 6.45) is 0.888. The monoisotopic (exact) mass is 281 g/mol. The van der Waals surface area contributed by atoms with Crippen molar-refractivity contribution in [3.05, 3.63) is 63.4 Å². The smallest absolute Gasteiger partial charge is 0.249 e. The molecule has 1 aromatic heterocycles. The van der Waals surface area contributed by atoms with E-state index in [1.807, 2.05) is 6.07 Å². The first-order valence-corrected chi connectivity index (χ1v) is 7.47. The maximum Gasteiger partial charge on any atom is 0.249 e. The van der Waals surface area contributed by atoms with Gasteiger partial charge >= 0.3 is 0 Å². The van der Waals surface area contributed by atoms with Gasteiger partial charge in [0.1, 0.15) is 5.82 Å². The van der Waals surface area contributed by atoms with Gasteiger partial charge < -0.3 is 14.8 Å². The number of benzene rings is 1. The molecule has 2 aliphatic rings. The Morgan fingerprint density at radius 1 is 1.10 bits per heavy atom. The van der Waals surface area contributed by atoms with E-state index in [1.54, 1.807) is 6.07 Å². The molecular weight excluding hydrogens is 262 g/mol. The number of piperazine rings is 1. The van der Waals surface area contributed by atoms with Crippen LogP contribution in [0.3, 0.4) is 0 Å². The van der Waals surface area contributed by atoms with Crippen LogP contribution in [-0.4, -0.2) is 36.6 Å². The lowest BCUT2D eigenvalue weighted by atomic mass is 9.96. The first-order chi connectivity index (χ1) is 10.2. The molecular formula is C17H19N3O. The second-order valence-corrected chi connectivity index (χ2v) is 6.04. The predicted molar refractivity (Wildman–Crippen MR) is 83.9 cm³/mol. The summed E-state index contributed by atoms with van der Waals surface area (Å²) in [5.74, 6) is 1.01. The van der Waals surface area contributed by atoms with Gasteiger partial charge in [0, 0.05) is 32.1 Å². The number of aromatic amines is 1. The number of aromatic nitrogens is 1. The highest BCUT2D eigenvalue weighted by Gasteiger charge is 2.32. The van der Waals surface area contributed by atoms with Crippen LogP contribution in [0, 0.1) is 0 Å². The van der Waals surface area contributed by atoms with Gasteiger partial charge in [-0.05, 0) is 29.8 Å². The summed E-state index contributed by atoms with van der Waals surface area (Å²) in [7, 11) is 2.17. The third kappa shape index (κ3) is 2.07. The molecule has 108 valence electrons. The molecule has 21 heavy (non-hydrogen) atoms. The van der Waals surface area contributed by atoms with Gasteiger partial charge in [-0.1, -0.05) is 24.3 Å². The minimum absolute atomic E-state index is 0.0163. The van der Waals surface area contributed by atoms with E-state index in [0.717, 1.165) is 31.9 Å². The van der Waals surface area contributed by atoms with Crippen LogP contribution in [0.5, 0.6) is 0 Å². The zero-order chi connectivity index (χ0) is 14.4. The van der Waals surface area contributed by atoms with Crippen molar-refractivity contribution < 1.29 is 0 Å². The van der Waals surface area contributed by atoms with Gasteiger partial charge in [-0.3, -0.25) is 4.79 Å². The number of H-pyrrole nitrogens is 1. The third-order valence-electron chi connectivity index (χ3n) is 4.65. The van der Waals surface area contributed by atoms with Gasteiger partial charge in [0.05, 0.1) is 6.04 Å². The van der Waals surface area contributed by atoms with E-state index in [2.05, 4.69) is 46.1 Å². The molecule has 1 fully saturated rings. The van der Waals surface area contributed by atoms with Crippen LogP contribution in [0.1, 0.15) is 22.7 Å². The highest BCUT2D eigenvalue weighted by molar-refractivity contribution is 5.56. The average molecular weight is 281 g/mol. The topological polar surface area (TPSA) is 39.3 Å². The highest BCUT2D eigenvalue weighted by atomic mass is 16.1. The molecule has 2 aliphatic heterocycles. The lowest BCUT2D eigenvalue weighted by Crippen LogP contribution is -2.47. The molecule has 0 amide bonds. The van der Waals surface area contributed by atoms with Crippen LogP contribution >= 0.6 is 0 Å². The Balaban J connectivity index is 1.93. The molecule has 3 heterocycles. The van der Waals surface area contributed by atoms with Crippen LogP contribution in [0.4, 0.5) is 5.82 Å². The van der Waals surface area contributed by atoms with Gasteiger partial charge in [0.25, 0.3) is 0 Å². The summed E-state index contributed by atoms with van der Waals surface area (Å²) < 4.78 is 0. The van der Waals surface area contributed by atoms with Crippen molar-refractivity contribution in [2.75, 3.05) is 31.6 Å². The molecule has 4 heteroatoms. The molecule has 4 nitrogen and oxygen atoms in total. The summed E-state index contributed by atoms with van der Waals surface area (Å²) in [6.45, 7) is 2.96. The second-order valence-electron chi connectivity index (χ2n) is 6.04. The standard InChI is InChI=1S/C17H19N3O/c1-19-8-9-20-15(11-19)14-5-3-2-4-12(14)10-13-6-7-16(21)18-17(13)20/h2-7,15H,8-11H2,1H3,(H,18,21). The number of fused-ring (bicyclic) bond motifs is 5. The van der Waals surface area contributed by atoms with Crippen molar-refractivity contribution in [1.82, 2.24) is 9.88 Å². The van der Waals surface area contributed by atoms with E-state index in [9.17, 15) is 4.79 Å². The van der Waals surface area contributed by atoms with E-state index in [1.165, 1.54) is 16.7 Å². The molecule has 0 radical (unpaired) electrons. The molecule has 0 spiro atoms. The Labute approximate surface area is 124 Å². The zero-order valence-corrected chi connectivity index (χ0v) is 12.2. The fraction of sp³-hybridized carbons (Fsp3) is 0.353. The quantitative estimate of drug-likeness (QED) is 0.800. The molecule has 0 aliphatic carbocycles. The third-order valence-corrected chi connectivity index (χ3v) is 4.65. The molecule has 0 saturated carbocycles. The summed E-state index contributed by atoms with van der Waals surface area (Å²) in [5, 5.41) is 0. The second kappa shape index (κ2) is 4.74. The van der Waals surface area contributed by atoms with Gasteiger partial charge in [-0.2, -0.15) is 0 Å². The number of hydrogen-bond acceptors (Lipinski definition) is 3. The Morgan fingerprint density at radius 2 is 1.95 bits per heavy atom. The van der Waals surface area contributed by atoms with E-state index < -0.39 is 0 Å². The Bertz CT molecular complexity index is 737. The molecule has 1 atom stereocenters. The number of anilines is 1. The van der Waals surface area contributed by atoms with E-state index in [-0.39, 0.29) is 5.56 Å². The molecule has 1 aromatic carbocycles. The largest absolute Gasteiger partial charge is 0.348 e. The average Bonchev–Trinajstić information content (AvgIpc) is 2.62. The van der Waals surface area contributed by atoms with E-state index in [0.29, 0.717) is 6.04 Å². The summed E-state index contributed by atoms with van der Waals surface area (Å²) in [6, 6.07) is 12.6. The van der Waals surface area contributed by atoms with Crippen LogP contribution < -0.4 is 10.5 Å². The number of nitrogens with one attached hydrogen (secondary N) is 1. The van der Waals surface area contributed by atoms with Crippen LogP contribution in [0.15, 0.2) is 41.2 Å². The maximum absolute atomic E-state index is 11.8. The lowest BCUT2D eigenvalue weighted by Gasteiger charge is -2.41. The van der Waals surface area contributed by atoms with E-state index >= 15 is 0 Å². The Hall–Kier alpha value is -2.07. The van der Waals surface area contributed by atoms with Crippen molar-refractivity contribution in [1.29, 1.82) is 0 Å². The number of nitrogens with zero attached hydrogens (tertiary/aromatic N) is 2. The fourth-order valence-corrected chi connectivity index (χ4v) is 3.57. The fourth-order valence-electron chi connectivity index (χ4n) is 3.57. The number of rotatable bonds is 0. The van der Waals surface area contributed by atoms with Gasteiger partial charge in [-0.25, -0.2) is 0 Å². The SMILES string of the molecule is CN1CCN2c3[nH]c(=O)ccc3Cc3ccccc3C2C1. The summed E-state index contributed by atoms with van der Waals surface area (Å²) in [4.78, 5) is 19.6. The lowest BCUT2D eigenvalue weighted by molar-refractivity contribution is 0.268. The Kier molecular flexibility index (Phi) is 2.86. The van der Waals surface area contributed by atoms with Crippen molar-refractivity contribution >= 4 is 5.82 Å². The maximum atomic E-state index is 11.8. The number of hydrogen-bond donors (Lipinski definition) is 1. The molecule has 4 rings (SSSR count). The highest BCUT2D eigenvalue weighted by Crippen LogP contribution is 2.37. The molecule has 1 N–H and O–H groups in total. The number of likely N-dealkylation sites (N-methyl/N-ethyl adjacent to an activating group) is 1. The minimum atomic E-state index is -0.0163. The van der Waals surface area contributed by atoms with Crippen LogP contribution in [0.2, 0.25) is 0 Å².